The standard InChI is InChI=1S/C16H9Cl2F3N2O2/c17-10-3-9(4-11(18)6-10)15-23-12-2-1-8(5-13(12)25-15)14(24)22-7-16(19,20)21/h1-6H,7H2,(H,22,24). The van der Waals surface area contributed by atoms with Crippen molar-refractivity contribution in [3.05, 3.63) is 52.0 Å². The van der Waals surface area contributed by atoms with Crippen molar-refractivity contribution in [1.82, 2.24) is 10.3 Å². The number of halogens is 5. The van der Waals surface area contributed by atoms with Gasteiger partial charge >= 0.3 is 6.18 Å². The summed E-state index contributed by atoms with van der Waals surface area (Å²) in [6, 6.07) is 8.94. The van der Waals surface area contributed by atoms with Crippen LogP contribution in [0, 0.1) is 0 Å². The second-order valence-corrected chi connectivity index (χ2v) is 6.03. The van der Waals surface area contributed by atoms with E-state index in [1.807, 2.05) is 0 Å². The van der Waals surface area contributed by atoms with E-state index >= 15 is 0 Å². The smallest absolute Gasteiger partial charge is 0.405 e. The molecule has 0 saturated heterocycles. The summed E-state index contributed by atoms with van der Waals surface area (Å²) in [6.45, 7) is -1.41. The third kappa shape index (κ3) is 4.24. The minimum Gasteiger partial charge on any atom is -0.436 e. The van der Waals surface area contributed by atoms with Crippen LogP contribution in [0.1, 0.15) is 10.4 Å². The first-order chi connectivity index (χ1) is 11.7. The molecule has 2 aromatic carbocycles. The molecule has 0 saturated carbocycles. The lowest BCUT2D eigenvalue weighted by molar-refractivity contribution is -0.123. The third-order valence-corrected chi connectivity index (χ3v) is 3.65. The molecule has 0 bridgehead atoms. The minimum atomic E-state index is -4.48. The van der Waals surface area contributed by atoms with Gasteiger partial charge in [-0.05, 0) is 36.4 Å². The van der Waals surface area contributed by atoms with Crippen LogP contribution < -0.4 is 5.32 Å². The number of nitrogens with zero attached hydrogens (tertiary/aromatic N) is 1. The number of carbonyl (C=O) groups is 1. The normalized spacial score (nSPS) is 11.7. The molecular formula is C16H9Cl2F3N2O2. The van der Waals surface area contributed by atoms with E-state index in [0.717, 1.165) is 0 Å². The fraction of sp³-hybridized carbons (Fsp3) is 0.125. The Hall–Kier alpha value is -2.25. The van der Waals surface area contributed by atoms with Gasteiger partial charge in [-0.15, -0.1) is 0 Å². The maximum atomic E-state index is 12.2. The van der Waals surface area contributed by atoms with E-state index in [9.17, 15) is 18.0 Å². The largest absolute Gasteiger partial charge is 0.436 e. The number of aromatic nitrogens is 1. The Morgan fingerprint density at radius 2 is 1.80 bits per heavy atom. The number of oxazole rings is 1. The highest BCUT2D eigenvalue weighted by atomic mass is 35.5. The molecule has 1 N–H and O–H groups in total. The number of alkyl halides is 3. The van der Waals surface area contributed by atoms with Gasteiger partial charge < -0.3 is 9.73 Å². The predicted molar refractivity (Wildman–Crippen MR) is 87.9 cm³/mol. The zero-order valence-corrected chi connectivity index (χ0v) is 13.8. The zero-order valence-electron chi connectivity index (χ0n) is 12.3. The number of amides is 1. The molecule has 130 valence electrons. The summed E-state index contributed by atoms with van der Waals surface area (Å²) in [5.74, 6) is -0.629. The SMILES string of the molecule is O=C(NCC(F)(F)F)c1ccc2nc(-c3cc(Cl)cc(Cl)c3)oc2c1. The lowest BCUT2D eigenvalue weighted by Crippen LogP contribution is -2.33. The number of benzene rings is 2. The minimum absolute atomic E-state index is 0.0311. The number of carbonyl (C=O) groups excluding carboxylic acids is 1. The Morgan fingerprint density at radius 1 is 1.12 bits per heavy atom. The third-order valence-electron chi connectivity index (χ3n) is 3.21. The second kappa shape index (κ2) is 6.57. The molecule has 0 aliphatic carbocycles. The number of hydrogen-bond acceptors (Lipinski definition) is 3. The highest BCUT2D eigenvalue weighted by molar-refractivity contribution is 6.35. The van der Waals surface area contributed by atoms with Crippen LogP contribution in [-0.2, 0) is 0 Å². The van der Waals surface area contributed by atoms with Crippen molar-refractivity contribution in [3.63, 3.8) is 0 Å². The van der Waals surface area contributed by atoms with E-state index in [1.165, 1.54) is 18.2 Å². The average Bonchev–Trinajstić information content (AvgIpc) is 2.94. The van der Waals surface area contributed by atoms with E-state index in [4.69, 9.17) is 27.6 Å². The van der Waals surface area contributed by atoms with Gasteiger partial charge in [-0.1, -0.05) is 23.2 Å². The van der Waals surface area contributed by atoms with Gasteiger partial charge in [0.2, 0.25) is 5.89 Å². The van der Waals surface area contributed by atoms with Crippen LogP contribution in [0.5, 0.6) is 0 Å². The Morgan fingerprint density at radius 3 is 2.44 bits per heavy atom. The quantitative estimate of drug-likeness (QED) is 0.679. The van der Waals surface area contributed by atoms with Crippen molar-refractivity contribution in [2.24, 2.45) is 0 Å². The van der Waals surface area contributed by atoms with Crippen molar-refractivity contribution < 1.29 is 22.4 Å². The fourth-order valence-electron chi connectivity index (χ4n) is 2.15. The molecular weight excluding hydrogens is 380 g/mol. The molecule has 1 aromatic heterocycles. The van der Waals surface area contributed by atoms with E-state index in [2.05, 4.69) is 4.98 Å². The Bertz CT molecular complexity index is 934. The van der Waals surface area contributed by atoms with E-state index in [-0.39, 0.29) is 17.0 Å². The molecule has 0 atom stereocenters. The molecule has 9 heteroatoms. The first-order valence-electron chi connectivity index (χ1n) is 6.93. The van der Waals surface area contributed by atoms with Crippen LogP contribution in [0.4, 0.5) is 13.2 Å². The Kier molecular flexibility index (Phi) is 4.62. The van der Waals surface area contributed by atoms with Gasteiger partial charge in [-0.25, -0.2) is 4.98 Å². The molecule has 25 heavy (non-hydrogen) atoms. The molecule has 0 aliphatic rings. The molecule has 1 amide bonds. The highest BCUT2D eigenvalue weighted by Crippen LogP contribution is 2.29. The summed E-state index contributed by atoms with van der Waals surface area (Å²) in [5, 5.41) is 2.60. The number of fused-ring (bicyclic) bond motifs is 1. The maximum absolute atomic E-state index is 12.2. The van der Waals surface area contributed by atoms with Gasteiger partial charge in [0, 0.05) is 21.2 Å². The number of rotatable bonds is 3. The van der Waals surface area contributed by atoms with E-state index < -0.39 is 18.6 Å². The molecule has 0 fully saturated rings. The average molecular weight is 389 g/mol. The van der Waals surface area contributed by atoms with Gasteiger partial charge in [0.05, 0.1) is 0 Å². The molecule has 0 spiro atoms. The molecule has 1 heterocycles. The van der Waals surface area contributed by atoms with E-state index in [0.29, 0.717) is 21.1 Å². The van der Waals surface area contributed by atoms with Crippen molar-refractivity contribution in [1.29, 1.82) is 0 Å². The molecule has 0 unspecified atom stereocenters. The Balaban J connectivity index is 1.90. The Labute approximate surface area is 149 Å². The van der Waals surface area contributed by atoms with Gasteiger partial charge in [0.1, 0.15) is 12.1 Å². The van der Waals surface area contributed by atoms with Gasteiger partial charge in [0.25, 0.3) is 5.91 Å². The first kappa shape index (κ1) is 17.6. The number of hydrogen-bond donors (Lipinski definition) is 1. The second-order valence-electron chi connectivity index (χ2n) is 5.16. The predicted octanol–water partition coefficient (Wildman–Crippen LogP) is 5.09. The number of nitrogens with one attached hydrogen (secondary N) is 1. The van der Waals surface area contributed by atoms with Crippen molar-refractivity contribution in [3.8, 4) is 11.5 Å². The summed E-state index contributed by atoms with van der Waals surface area (Å²) in [7, 11) is 0. The maximum Gasteiger partial charge on any atom is 0.405 e. The van der Waals surface area contributed by atoms with Crippen LogP contribution in [-0.4, -0.2) is 23.6 Å². The van der Waals surface area contributed by atoms with Crippen molar-refractivity contribution in [2.45, 2.75) is 6.18 Å². The lowest BCUT2D eigenvalue weighted by Gasteiger charge is -2.07. The molecule has 3 rings (SSSR count). The van der Waals surface area contributed by atoms with Crippen molar-refractivity contribution in [2.75, 3.05) is 6.54 Å². The van der Waals surface area contributed by atoms with Crippen LogP contribution in [0.2, 0.25) is 10.0 Å². The summed E-state index contributed by atoms with van der Waals surface area (Å²) in [6.07, 6.45) is -4.48. The molecule has 0 aliphatic heterocycles. The van der Waals surface area contributed by atoms with Crippen molar-refractivity contribution >= 4 is 40.2 Å². The topological polar surface area (TPSA) is 55.1 Å². The zero-order chi connectivity index (χ0) is 18.2. The van der Waals surface area contributed by atoms with Gasteiger partial charge in [-0.2, -0.15) is 13.2 Å². The van der Waals surface area contributed by atoms with Gasteiger partial charge in [0.15, 0.2) is 5.58 Å². The monoisotopic (exact) mass is 388 g/mol. The molecule has 4 nitrogen and oxygen atoms in total. The summed E-state index contributed by atoms with van der Waals surface area (Å²) in [5.41, 5.74) is 1.27. The molecule has 3 aromatic rings. The first-order valence-corrected chi connectivity index (χ1v) is 7.69. The van der Waals surface area contributed by atoms with Crippen LogP contribution >= 0.6 is 23.2 Å². The van der Waals surface area contributed by atoms with Crippen LogP contribution in [0.3, 0.4) is 0 Å². The molecule has 0 radical (unpaired) electrons. The lowest BCUT2D eigenvalue weighted by atomic mass is 10.2. The highest BCUT2D eigenvalue weighted by Gasteiger charge is 2.28. The summed E-state index contributed by atoms with van der Waals surface area (Å²) in [4.78, 5) is 16.0. The van der Waals surface area contributed by atoms with Gasteiger partial charge in [-0.3, -0.25) is 4.79 Å². The van der Waals surface area contributed by atoms with E-state index in [1.54, 1.807) is 23.5 Å². The summed E-state index contributed by atoms with van der Waals surface area (Å²) >= 11 is 11.9. The fourth-order valence-corrected chi connectivity index (χ4v) is 2.68. The van der Waals surface area contributed by atoms with Crippen LogP contribution in [0.15, 0.2) is 40.8 Å². The van der Waals surface area contributed by atoms with Crippen LogP contribution in [0.25, 0.3) is 22.6 Å². The summed E-state index contributed by atoms with van der Waals surface area (Å²) < 4.78 is 42.1.